The Morgan fingerprint density at radius 2 is 0.656 bits per heavy atom. The normalized spacial score (nSPS) is 11.6. The zero-order chi connectivity index (χ0) is 40.3. The molecule has 0 N–H and O–H groups in total. The summed E-state index contributed by atoms with van der Waals surface area (Å²) >= 11 is 0. The largest absolute Gasteiger partial charge is 0.309 e. The topological polar surface area (TPSA) is 43.6 Å². The molecule has 0 radical (unpaired) electrons. The van der Waals surface area contributed by atoms with E-state index in [9.17, 15) is 0 Å². The Hall–Kier alpha value is -8.21. The van der Waals surface area contributed by atoms with Gasteiger partial charge in [0.15, 0.2) is 17.5 Å². The Labute approximate surface area is 352 Å². The van der Waals surface area contributed by atoms with Gasteiger partial charge in [-0.25, -0.2) is 15.0 Å². The Kier molecular flexibility index (Phi) is 8.13. The van der Waals surface area contributed by atoms with Crippen molar-refractivity contribution in [3.05, 3.63) is 218 Å². The maximum absolute atomic E-state index is 5.11. The van der Waals surface area contributed by atoms with Crippen LogP contribution in [0.1, 0.15) is 0 Å². The minimum absolute atomic E-state index is 0.627. The van der Waals surface area contributed by atoms with E-state index < -0.39 is 0 Å². The van der Waals surface area contributed by atoms with Crippen LogP contribution in [-0.2, 0) is 0 Å². The number of rotatable bonds is 6. The summed E-state index contributed by atoms with van der Waals surface area (Å²) in [7, 11) is 0. The van der Waals surface area contributed by atoms with E-state index in [0.29, 0.717) is 17.5 Å². The second-order valence-electron chi connectivity index (χ2n) is 15.6. The number of nitrogens with zero attached hydrogens (tertiary/aromatic N) is 4. The lowest BCUT2D eigenvalue weighted by Gasteiger charge is -2.17. The van der Waals surface area contributed by atoms with Crippen LogP contribution in [0.5, 0.6) is 0 Å². The van der Waals surface area contributed by atoms with Gasteiger partial charge >= 0.3 is 0 Å². The van der Waals surface area contributed by atoms with Gasteiger partial charge in [-0.15, -0.1) is 0 Å². The molecule has 4 nitrogen and oxygen atoms in total. The SMILES string of the molecule is c1ccc(-c2nc(-c3ccccc3)nc(-c3cccc(-c4cc5c6ccccc6c6ccccc6c5cc4-c4ccc5c6ccccc6n(-c6ccccc6)c5c4)c3)n2)cc1. The minimum atomic E-state index is 0.627. The highest BCUT2D eigenvalue weighted by Gasteiger charge is 2.19. The van der Waals surface area contributed by atoms with Gasteiger partial charge in [0.1, 0.15) is 0 Å². The lowest BCUT2D eigenvalue weighted by molar-refractivity contribution is 1.07. The second kappa shape index (κ2) is 14.3. The summed E-state index contributed by atoms with van der Waals surface area (Å²) in [5.74, 6) is 1.91. The summed E-state index contributed by atoms with van der Waals surface area (Å²) in [5, 5.41) is 9.88. The molecule has 0 aliphatic rings. The van der Waals surface area contributed by atoms with E-state index in [1.54, 1.807) is 0 Å². The lowest BCUT2D eigenvalue weighted by atomic mass is 9.87. The van der Waals surface area contributed by atoms with Gasteiger partial charge in [0.25, 0.3) is 0 Å². The van der Waals surface area contributed by atoms with Crippen molar-refractivity contribution >= 4 is 54.1 Å². The standard InChI is InChI=1S/C57H36N4/c1-4-17-37(18-5-1)55-58-56(38-19-6-2-7-20-38)60-57(59-55)41-22-16-21-39(33-41)49-35-51-45-27-12-10-25-43(45)44-26-11-13-28-46(44)52(51)36-50(49)40-31-32-48-47-29-14-15-30-53(47)61(54(48)34-40)42-23-8-3-9-24-42/h1-36H. The number of hydrogen-bond acceptors (Lipinski definition) is 3. The molecule has 0 fully saturated rings. The van der Waals surface area contributed by atoms with Crippen LogP contribution in [0.4, 0.5) is 0 Å². The van der Waals surface area contributed by atoms with E-state index in [1.807, 2.05) is 60.7 Å². The molecule has 284 valence electrons. The zero-order valence-electron chi connectivity index (χ0n) is 33.1. The van der Waals surface area contributed by atoms with Crippen LogP contribution in [-0.4, -0.2) is 19.5 Å². The van der Waals surface area contributed by atoms with E-state index in [4.69, 9.17) is 15.0 Å². The van der Waals surface area contributed by atoms with Crippen molar-refractivity contribution in [2.45, 2.75) is 0 Å². The predicted octanol–water partition coefficient (Wildman–Crippen LogP) is 14.8. The highest BCUT2D eigenvalue weighted by atomic mass is 15.0. The van der Waals surface area contributed by atoms with E-state index in [2.05, 4.69) is 162 Å². The Balaban J connectivity index is 1.13. The van der Waals surface area contributed by atoms with Gasteiger partial charge in [0.2, 0.25) is 0 Å². The van der Waals surface area contributed by atoms with Crippen molar-refractivity contribution in [1.29, 1.82) is 0 Å². The summed E-state index contributed by atoms with van der Waals surface area (Å²) in [5.41, 5.74) is 10.8. The van der Waals surface area contributed by atoms with Crippen molar-refractivity contribution in [1.82, 2.24) is 19.5 Å². The van der Waals surface area contributed by atoms with Gasteiger partial charge in [0, 0.05) is 33.2 Å². The number of benzene rings is 10. The Morgan fingerprint density at radius 3 is 1.23 bits per heavy atom. The monoisotopic (exact) mass is 776 g/mol. The van der Waals surface area contributed by atoms with Crippen molar-refractivity contribution in [3.63, 3.8) is 0 Å². The summed E-state index contributed by atoms with van der Waals surface area (Å²) < 4.78 is 2.40. The predicted molar refractivity (Wildman–Crippen MR) is 254 cm³/mol. The van der Waals surface area contributed by atoms with E-state index in [0.717, 1.165) is 44.6 Å². The van der Waals surface area contributed by atoms with Gasteiger partial charge < -0.3 is 4.57 Å². The molecule has 0 amide bonds. The third-order valence-corrected chi connectivity index (χ3v) is 12.0. The van der Waals surface area contributed by atoms with Gasteiger partial charge in [0.05, 0.1) is 11.0 Å². The van der Waals surface area contributed by atoms with Crippen LogP contribution in [0.3, 0.4) is 0 Å². The zero-order valence-corrected chi connectivity index (χ0v) is 33.1. The highest BCUT2D eigenvalue weighted by Crippen LogP contribution is 2.44. The maximum Gasteiger partial charge on any atom is 0.164 e. The molecule has 0 aliphatic heterocycles. The minimum Gasteiger partial charge on any atom is -0.309 e. The van der Waals surface area contributed by atoms with Crippen LogP contribution in [0.2, 0.25) is 0 Å². The molecule has 10 aromatic carbocycles. The number of fused-ring (bicyclic) bond motifs is 9. The first-order valence-corrected chi connectivity index (χ1v) is 20.7. The van der Waals surface area contributed by atoms with Crippen molar-refractivity contribution in [2.75, 3.05) is 0 Å². The molecule has 2 aromatic heterocycles. The quantitative estimate of drug-likeness (QED) is 0.158. The van der Waals surface area contributed by atoms with E-state index in [-0.39, 0.29) is 0 Å². The molecule has 0 atom stereocenters. The molecule has 12 aromatic rings. The highest BCUT2D eigenvalue weighted by molar-refractivity contribution is 6.26. The molecule has 4 heteroatoms. The molecule has 0 saturated carbocycles. The third kappa shape index (κ3) is 5.88. The summed E-state index contributed by atoms with van der Waals surface area (Å²) in [4.78, 5) is 15.2. The summed E-state index contributed by atoms with van der Waals surface area (Å²) in [6.07, 6.45) is 0. The van der Waals surface area contributed by atoms with Crippen molar-refractivity contribution in [2.24, 2.45) is 0 Å². The average molecular weight is 777 g/mol. The first-order valence-electron chi connectivity index (χ1n) is 20.7. The molecule has 0 saturated heterocycles. The van der Waals surface area contributed by atoms with Crippen molar-refractivity contribution < 1.29 is 0 Å². The Morgan fingerprint density at radius 1 is 0.246 bits per heavy atom. The van der Waals surface area contributed by atoms with Crippen molar-refractivity contribution in [3.8, 4) is 62.1 Å². The molecular formula is C57H36N4. The van der Waals surface area contributed by atoms with Gasteiger partial charge in [-0.1, -0.05) is 176 Å². The number of aromatic nitrogens is 4. The molecule has 0 spiro atoms. The van der Waals surface area contributed by atoms with Crippen LogP contribution >= 0.6 is 0 Å². The molecule has 61 heavy (non-hydrogen) atoms. The molecule has 12 rings (SSSR count). The van der Waals surface area contributed by atoms with Crippen LogP contribution < -0.4 is 0 Å². The number of hydrogen-bond donors (Lipinski definition) is 0. The van der Waals surface area contributed by atoms with Gasteiger partial charge in [-0.3, -0.25) is 0 Å². The molecule has 0 unspecified atom stereocenters. The maximum atomic E-state index is 5.11. The molecular weight excluding hydrogens is 741 g/mol. The number of para-hydroxylation sites is 2. The smallest absolute Gasteiger partial charge is 0.164 e. The lowest BCUT2D eigenvalue weighted by Crippen LogP contribution is -2.00. The fourth-order valence-electron chi connectivity index (χ4n) is 9.19. The third-order valence-electron chi connectivity index (χ3n) is 12.0. The molecule has 2 heterocycles. The summed E-state index contributed by atoms with van der Waals surface area (Å²) in [6, 6.07) is 77.8. The fourth-order valence-corrected chi connectivity index (χ4v) is 9.19. The second-order valence-corrected chi connectivity index (χ2v) is 15.6. The first kappa shape index (κ1) is 34.8. The van der Waals surface area contributed by atoms with Gasteiger partial charge in [-0.2, -0.15) is 0 Å². The fraction of sp³-hybridized carbons (Fsp3) is 0. The van der Waals surface area contributed by atoms with Gasteiger partial charge in [-0.05, 0) is 97.0 Å². The first-order chi connectivity index (χ1) is 30.2. The van der Waals surface area contributed by atoms with Crippen LogP contribution in [0.25, 0.3) is 116 Å². The van der Waals surface area contributed by atoms with E-state index in [1.165, 1.54) is 54.1 Å². The van der Waals surface area contributed by atoms with E-state index >= 15 is 0 Å². The Bertz CT molecular complexity index is 3570. The average Bonchev–Trinajstić information content (AvgIpc) is 3.68. The van der Waals surface area contributed by atoms with Crippen LogP contribution in [0.15, 0.2) is 218 Å². The van der Waals surface area contributed by atoms with Crippen LogP contribution in [0, 0.1) is 0 Å². The summed E-state index contributed by atoms with van der Waals surface area (Å²) in [6.45, 7) is 0. The molecule has 0 aliphatic carbocycles. The molecule has 0 bridgehead atoms.